The van der Waals surface area contributed by atoms with Crippen molar-refractivity contribution in [1.29, 1.82) is 0 Å². The van der Waals surface area contributed by atoms with Crippen LogP contribution in [0, 0.1) is 6.92 Å². The molecule has 0 saturated heterocycles. The molecule has 1 aromatic rings. The number of likely N-dealkylation sites (N-methyl/N-ethyl adjacent to an activating group) is 1. The number of nitrogens with one attached hydrogen (secondary N) is 1. The van der Waals surface area contributed by atoms with Gasteiger partial charge in [-0.1, -0.05) is 20.3 Å². The Balaban J connectivity index is 2.66. The second-order valence-corrected chi connectivity index (χ2v) is 6.58. The van der Waals surface area contributed by atoms with Crippen LogP contribution >= 0.6 is 31.9 Å². The topological polar surface area (TPSA) is 32.3 Å². The Bertz CT molecular complexity index is 440. The fourth-order valence-electron chi connectivity index (χ4n) is 1.93. The average molecular weight is 406 g/mol. The van der Waals surface area contributed by atoms with E-state index < -0.39 is 0 Å². The Morgan fingerprint density at radius 3 is 2.35 bits per heavy atom. The summed E-state index contributed by atoms with van der Waals surface area (Å²) in [5.74, 6) is 0.0215. The SMILES string of the molecule is CCCCN(CC)CC(=O)Nc1c(Br)cc(C)cc1Br. The zero-order valence-corrected chi connectivity index (χ0v) is 15.5. The quantitative estimate of drug-likeness (QED) is 0.719. The van der Waals surface area contributed by atoms with Crippen LogP contribution in [-0.2, 0) is 4.79 Å². The van der Waals surface area contributed by atoms with Gasteiger partial charge in [0.05, 0.1) is 12.2 Å². The number of aryl methyl sites for hydroxylation is 1. The number of hydrogen-bond acceptors (Lipinski definition) is 2. The van der Waals surface area contributed by atoms with Crippen molar-refractivity contribution in [2.24, 2.45) is 0 Å². The second kappa shape index (κ2) is 8.80. The number of halogens is 2. The third kappa shape index (κ3) is 5.54. The van der Waals surface area contributed by atoms with Crippen LogP contribution in [0.3, 0.4) is 0 Å². The molecule has 1 amide bonds. The van der Waals surface area contributed by atoms with Crippen molar-refractivity contribution in [1.82, 2.24) is 4.90 Å². The summed E-state index contributed by atoms with van der Waals surface area (Å²) in [7, 11) is 0. The minimum absolute atomic E-state index is 0.0215. The van der Waals surface area contributed by atoms with Gasteiger partial charge in [-0.2, -0.15) is 0 Å². The number of unbranched alkanes of at least 4 members (excludes halogenated alkanes) is 1. The number of anilines is 1. The van der Waals surface area contributed by atoms with E-state index in [1.54, 1.807) is 0 Å². The lowest BCUT2D eigenvalue weighted by molar-refractivity contribution is -0.117. The third-order valence-corrected chi connectivity index (χ3v) is 4.34. The van der Waals surface area contributed by atoms with Crippen molar-refractivity contribution in [2.45, 2.75) is 33.6 Å². The molecule has 112 valence electrons. The summed E-state index contributed by atoms with van der Waals surface area (Å²) in [6, 6.07) is 3.99. The molecule has 0 spiro atoms. The molecule has 5 heteroatoms. The van der Waals surface area contributed by atoms with Crippen LogP contribution in [0.25, 0.3) is 0 Å². The van der Waals surface area contributed by atoms with Gasteiger partial charge in [-0.15, -0.1) is 0 Å². The van der Waals surface area contributed by atoms with E-state index in [2.05, 4.69) is 55.9 Å². The minimum atomic E-state index is 0.0215. The summed E-state index contributed by atoms with van der Waals surface area (Å²) in [5.41, 5.74) is 1.94. The predicted molar refractivity (Wildman–Crippen MR) is 92.2 cm³/mol. The van der Waals surface area contributed by atoms with Gasteiger partial charge in [0.15, 0.2) is 0 Å². The molecule has 0 aromatic heterocycles. The Hall–Kier alpha value is -0.390. The Kier molecular flexibility index (Phi) is 7.77. The molecule has 0 aliphatic carbocycles. The second-order valence-electron chi connectivity index (χ2n) is 4.87. The van der Waals surface area contributed by atoms with E-state index in [9.17, 15) is 4.79 Å². The Morgan fingerprint density at radius 2 is 1.85 bits per heavy atom. The van der Waals surface area contributed by atoms with Crippen molar-refractivity contribution in [3.05, 3.63) is 26.6 Å². The molecule has 0 heterocycles. The van der Waals surface area contributed by atoms with E-state index in [1.165, 1.54) is 0 Å². The largest absolute Gasteiger partial charge is 0.323 e. The van der Waals surface area contributed by atoms with Gasteiger partial charge in [-0.3, -0.25) is 9.69 Å². The van der Waals surface area contributed by atoms with Crippen LogP contribution in [0.15, 0.2) is 21.1 Å². The molecule has 3 nitrogen and oxygen atoms in total. The molecule has 1 rings (SSSR count). The van der Waals surface area contributed by atoms with E-state index in [-0.39, 0.29) is 5.91 Å². The summed E-state index contributed by atoms with van der Waals surface area (Å²) in [6.45, 7) is 8.56. The maximum absolute atomic E-state index is 12.1. The molecular weight excluding hydrogens is 384 g/mol. The van der Waals surface area contributed by atoms with Crippen molar-refractivity contribution in [3.63, 3.8) is 0 Å². The van der Waals surface area contributed by atoms with Gasteiger partial charge in [0, 0.05) is 8.95 Å². The standard InChI is InChI=1S/C15H22Br2N2O/c1-4-6-7-19(5-2)10-14(20)18-15-12(16)8-11(3)9-13(15)17/h8-9H,4-7,10H2,1-3H3,(H,18,20). The van der Waals surface area contributed by atoms with Gasteiger partial charge >= 0.3 is 0 Å². The van der Waals surface area contributed by atoms with E-state index in [4.69, 9.17) is 0 Å². The van der Waals surface area contributed by atoms with Crippen LogP contribution in [0.1, 0.15) is 32.3 Å². The summed E-state index contributed by atoms with van der Waals surface area (Å²) < 4.78 is 1.80. The van der Waals surface area contributed by atoms with Crippen LogP contribution in [0.5, 0.6) is 0 Å². The number of hydrogen-bond donors (Lipinski definition) is 1. The van der Waals surface area contributed by atoms with Crippen molar-refractivity contribution >= 4 is 43.5 Å². The first-order chi connectivity index (χ1) is 9.47. The zero-order chi connectivity index (χ0) is 15.1. The highest BCUT2D eigenvalue weighted by Gasteiger charge is 2.12. The molecule has 0 aliphatic heterocycles. The molecule has 0 fully saturated rings. The van der Waals surface area contributed by atoms with Gasteiger partial charge < -0.3 is 5.32 Å². The lowest BCUT2D eigenvalue weighted by Gasteiger charge is -2.20. The summed E-state index contributed by atoms with van der Waals surface area (Å²) in [6.07, 6.45) is 2.27. The van der Waals surface area contributed by atoms with Gasteiger partial charge in [0.2, 0.25) is 5.91 Å². The number of rotatable bonds is 7. The monoisotopic (exact) mass is 404 g/mol. The number of carbonyl (C=O) groups excluding carboxylic acids is 1. The highest BCUT2D eigenvalue weighted by molar-refractivity contribution is 9.11. The normalized spacial score (nSPS) is 10.9. The van der Waals surface area contributed by atoms with Gasteiger partial charge in [-0.25, -0.2) is 0 Å². The van der Waals surface area contributed by atoms with Gasteiger partial charge in [0.25, 0.3) is 0 Å². The zero-order valence-electron chi connectivity index (χ0n) is 12.3. The minimum Gasteiger partial charge on any atom is -0.323 e. The maximum atomic E-state index is 12.1. The predicted octanol–water partition coefficient (Wildman–Crippen LogP) is 4.58. The third-order valence-electron chi connectivity index (χ3n) is 3.09. The van der Waals surface area contributed by atoms with Crippen LogP contribution < -0.4 is 5.32 Å². The van der Waals surface area contributed by atoms with E-state index in [0.717, 1.165) is 46.1 Å². The Morgan fingerprint density at radius 1 is 1.25 bits per heavy atom. The van der Waals surface area contributed by atoms with Crippen LogP contribution in [-0.4, -0.2) is 30.4 Å². The summed E-state index contributed by atoms with van der Waals surface area (Å²) >= 11 is 6.99. The highest BCUT2D eigenvalue weighted by Crippen LogP contribution is 2.32. The number of amides is 1. The van der Waals surface area contributed by atoms with Crippen molar-refractivity contribution in [3.8, 4) is 0 Å². The van der Waals surface area contributed by atoms with Crippen LogP contribution in [0.4, 0.5) is 5.69 Å². The average Bonchev–Trinajstić information content (AvgIpc) is 2.38. The molecule has 20 heavy (non-hydrogen) atoms. The molecule has 0 saturated carbocycles. The smallest absolute Gasteiger partial charge is 0.238 e. The molecule has 0 radical (unpaired) electrons. The summed E-state index contributed by atoms with van der Waals surface area (Å²) in [4.78, 5) is 14.3. The molecule has 0 unspecified atom stereocenters. The number of nitrogens with zero attached hydrogens (tertiary/aromatic N) is 1. The molecule has 0 atom stereocenters. The van der Waals surface area contributed by atoms with Crippen LogP contribution in [0.2, 0.25) is 0 Å². The van der Waals surface area contributed by atoms with Gasteiger partial charge in [-0.05, 0) is 76.0 Å². The first-order valence-electron chi connectivity index (χ1n) is 6.95. The van der Waals surface area contributed by atoms with Crippen molar-refractivity contribution < 1.29 is 4.79 Å². The fourth-order valence-corrected chi connectivity index (χ4v) is 3.55. The van der Waals surface area contributed by atoms with E-state index in [1.807, 2.05) is 19.1 Å². The van der Waals surface area contributed by atoms with E-state index in [0.29, 0.717) is 6.54 Å². The number of benzene rings is 1. The molecule has 1 N–H and O–H groups in total. The molecule has 0 bridgehead atoms. The molecular formula is C15H22Br2N2O. The summed E-state index contributed by atoms with van der Waals surface area (Å²) in [5, 5.41) is 2.97. The van der Waals surface area contributed by atoms with Gasteiger partial charge in [0.1, 0.15) is 0 Å². The van der Waals surface area contributed by atoms with Crippen molar-refractivity contribution in [2.75, 3.05) is 25.0 Å². The Labute approximate surface area is 138 Å². The first kappa shape index (κ1) is 17.7. The molecule has 1 aromatic carbocycles. The maximum Gasteiger partial charge on any atom is 0.238 e. The molecule has 0 aliphatic rings. The lowest BCUT2D eigenvalue weighted by atomic mass is 10.2. The lowest BCUT2D eigenvalue weighted by Crippen LogP contribution is -2.34. The highest BCUT2D eigenvalue weighted by atomic mass is 79.9. The van der Waals surface area contributed by atoms with E-state index >= 15 is 0 Å². The number of carbonyl (C=O) groups is 1. The fraction of sp³-hybridized carbons (Fsp3) is 0.533. The first-order valence-corrected chi connectivity index (χ1v) is 8.54.